The molecule has 1 aliphatic rings. The number of hydrogen-bond donors (Lipinski definition) is 2. The fourth-order valence-corrected chi connectivity index (χ4v) is 1.60. The lowest BCUT2D eigenvalue weighted by atomic mass is 10.00. The van der Waals surface area contributed by atoms with Gasteiger partial charge in [-0.05, 0) is 5.92 Å². The van der Waals surface area contributed by atoms with Crippen molar-refractivity contribution in [2.75, 3.05) is 26.2 Å². The SMILES string of the molecule is C[C@@H]1CN(C(=O)CN)C[C@@H]1CO. The molecule has 0 bridgehead atoms. The molecule has 0 radical (unpaired) electrons. The number of rotatable bonds is 2. The summed E-state index contributed by atoms with van der Waals surface area (Å²) in [5.41, 5.74) is 5.23. The summed E-state index contributed by atoms with van der Waals surface area (Å²) in [7, 11) is 0. The second kappa shape index (κ2) is 3.87. The molecule has 0 saturated carbocycles. The monoisotopic (exact) mass is 172 g/mol. The van der Waals surface area contributed by atoms with Crippen LogP contribution in [-0.4, -0.2) is 42.2 Å². The number of aliphatic hydroxyl groups is 1. The van der Waals surface area contributed by atoms with Crippen LogP contribution in [0, 0.1) is 11.8 Å². The molecule has 1 fully saturated rings. The molecule has 0 aromatic carbocycles. The third kappa shape index (κ3) is 1.76. The van der Waals surface area contributed by atoms with E-state index in [1.165, 1.54) is 0 Å². The standard InChI is InChI=1S/C8H16N2O2/c1-6-3-10(8(12)2-9)4-7(6)5-11/h6-7,11H,2-5,9H2,1H3/t6-,7-/m1/s1. The molecule has 3 N–H and O–H groups in total. The maximum atomic E-state index is 11.1. The molecule has 1 amide bonds. The number of nitrogens with two attached hydrogens (primary N) is 1. The molecule has 2 atom stereocenters. The van der Waals surface area contributed by atoms with Crippen molar-refractivity contribution >= 4 is 5.91 Å². The summed E-state index contributed by atoms with van der Waals surface area (Å²) in [6.07, 6.45) is 0. The van der Waals surface area contributed by atoms with E-state index in [0.717, 1.165) is 6.54 Å². The van der Waals surface area contributed by atoms with Gasteiger partial charge in [-0.3, -0.25) is 4.79 Å². The average molecular weight is 172 g/mol. The Morgan fingerprint density at radius 3 is 2.75 bits per heavy atom. The molecule has 1 rings (SSSR count). The van der Waals surface area contributed by atoms with Gasteiger partial charge in [0.25, 0.3) is 0 Å². The number of likely N-dealkylation sites (tertiary alicyclic amines) is 1. The van der Waals surface area contributed by atoms with Gasteiger partial charge in [0, 0.05) is 25.6 Å². The Balaban J connectivity index is 2.48. The second-order valence-corrected chi connectivity index (χ2v) is 3.42. The lowest BCUT2D eigenvalue weighted by Crippen LogP contribution is -2.34. The van der Waals surface area contributed by atoms with E-state index in [4.69, 9.17) is 10.8 Å². The van der Waals surface area contributed by atoms with Gasteiger partial charge in [0.2, 0.25) is 5.91 Å². The van der Waals surface area contributed by atoms with Crippen molar-refractivity contribution in [2.24, 2.45) is 17.6 Å². The van der Waals surface area contributed by atoms with Gasteiger partial charge in [0.1, 0.15) is 0 Å². The lowest BCUT2D eigenvalue weighted by Gasteiger charge is -2.14. The van der Waals surface area contributed by atoms with Gasteiger partial charge in [-0.2, -0.15) is 0 Å². The van der Waals surface area contributed by atoms with Gasteiger partial charge >= 0.3 is 0 Å². The number of carbonyl (C=O) groups is 1. The fraction of sp³-hybridized carbons (Fsp3) is 0.875. The van der Waals surface area contributed by atoms with E-state index >= 15 is 0 Å². The first kappa shape index (κ1) is 9.48. The van der Waals surface area contributed by atoms with Crippen LogP contribution in [0.25, 0.3) is 0 Å². The summed E-state index contributed by atoms with van der Waals surface area (Å²) in [5.74, 6) is 0.615. The smallest absolute Gasteiger partial charge is 0.236 e. The van der Waals surface area contributed by atoms with Crippen LogP contribution < -0.4 is 5.73 Å². The Morgan fingerprint density at radius 1 is 1.67 bits per heavy atom. The Bertz CT molecular complexity index is 172. The van der Waals surface area contributed by atoms with E-state index in [9.17, 15) is 4.79 Å². The van der Waals surface area contributed by atoms with Crippen molar-refractivity contribution in [2.45, 2.75) is 6.92 Å². The molecule has 1 saturated heterocycles. The predicted octanol–water partition coefficient (Wildman–Crippen LogP) is -0.968. The molecule has 0 unspecified atom stereocenters. The molecule has 4 nitrogen and oxygen atoms in total. The van der Waals surface area contributed by atoms with Crippen LogP contribution >= 0.6 is 0 Å². The van der Waals surface area contributed by atoms with Crippen molar-refractivity contribution in [3.8, 4) is 0 Å². The Hall–Kier alpha value is -0.610. The molecule has 0 aromatic rings. The number of amides is 1. The van der Waals surface area contributed by atoms with Crippen molar-refractivity contribution in [3.63, 3.8) is 0 Å². The highest BCUT2D eigenvalue weighted by Crippen LogP contribution is 2.21. The summed E-state index contributed by atoms with van der Waals surface area (Å²) in [6.45, 7) is 3.68. The number of hydrogen-bond acceptors (Lipinski definition) is 3. The van der Waals surface area contributed by atoms with Gasteiger partial charge < -0.3 is 15.7 Å². The number of aliphatic hydroxyl groups excluding tert-OH is 1. The zero-order chi connectivity index (χ0) is 9.14. The van der Waals surface area contributed by atoms with Gasteiger partial charge in [-0.1, -0.05) is 6.92 Å². The van der Waals surface area contributed by atoms with Crippen molar-refractivity contribution in [1.29, 1.82) is 0 Å². The lowest BCUT2D eigenvalue weighted by molar-refractivity contribution is -0.128. The highest BCUT2D eigenvalue weighted by Gasteiger charge is 2.30. The Labute approximate surface area is 72.3 Å². The van der Waals surface area contributed by atoms with Crippen LogP contribution in [0.4, 0.5) is 0 Å². The van der Waals surface area contributed by atoms with Crippen LogP contribution in [0.1, 0.15) is 6.92 Å². The zero-order valence-corrected chi connectivity index (χ0v) is 7.36. The Kier molecular flexibility index (Phi) is 3.05. The van der Waals surface area contributed by atoms with Gasteiger partial charge in [-0.25, -0.2) is 0 Å². The molecule has 0 aliphatic carbocycles. The van der Waals surface area contributed by atoms with Crippen LogP contribution in [0.5, 0.6) is 0 Å². The van der Waals surface area contributed by atoms with E-state index in [1.54, 1.807) is 4.90 Å². The largest absolute Gasteiger partial charge is 0.396 e. The second-order valence-electron chi connectivity index (χ2n) is 3.42. The van der Waals surface area contributed by atoms with Crippen molar-refractivity contribution in [1.82, 2.24) is 4.90 Å². The molecule has 0 spiro atoms. The molecular formula is C8H16N2O2. The maximum absolute atomic E-state index is 11.1. The predicted molar refractivity (Wildman–Crippen MR) is 45.4 cm³/mol. The summed E-state index contributed by atoms with van der Waals surface area (Å²) in [4.78, 5) is 12.9. The summed E-state index contributed by atoms with van der Waals surface area (Å²) in [5, 5.41) is 8.94. The highest BCUT2D eigenvalue weighted by atomic mass is 16.3. The van der Waals surface area contributed by atoms with Crippen LogP contribution in [0.2, 0.25) is 0 Å². The zero-order valence-electron chi connectivity index (χ0n) is 7.36. The first-order valence-corrected chi connectivity index (χ1v) is 4.27. The normalized spacial score (nSPS) is 29.4. The van der Waals surface area contributed by atoms with E-state index < -0.39 is 0 Å². The minimum atomic E-state index is -0.0159. The van der Waals surface area contributed by atoms with Gasteiger partial charge in [0.15, 0.2) is 0 Å². The minimum absolute atomic E-state index is 0.0159. The molecule has 4 heteroatoms. The minimum Gasteiger partial charge on any atom is -0.396 e. The summed E-state index contributed by atoms with van der Waals surface area (Å²) in [6, 6.07) is 0. The van der Waals surface area contributed by atoms with Crippen molar-refractivity contribution < 1.29 is 9.90 Å². The first-order chi connectivity index (χ1) is 5.69. The van der Waals surface area contributed by atoms with E-state index in [2.05, 4.69) is 0 Å². The Morgan fingerprint density at radius 2 is 2.33 bits per heavy atom. The quantitative estimate of drug-likeness (QED) is 0.563. The highest BCUT2D eigenvalue weighted by molar-refractivity contribution is 5.78. The van der Waals surface area contributed by atoms with E-state index in [-0.39, 0.29) is 25.0 Å². The molecular weight excluding hydrogens is 156 g/mol. The van der Waals surface area contributed by atoms with Gasteiger partial charge in [0.05, 0.1) is 6.54 Å². The van der Waals surface area contributed by atoms with E-state index in [1.807, 2.05) is 6.92 Å². The first-order valence-electron chi connectivity index (χ1n) is 4.27. The number of nitrogens with zero attached hydrogens (tertiary/aromatic N) is 1. The molecule has 1 aliphatic heterocycles. The average Bonchev–Trinajstić information content (AvgIpc) is 2.45. The molecule has 0 aromatic heterocycles. The van der Waals surface area contributed by atoms with Crippen LogP contribution in [0.3, 0.4) is 0 Å². The third-order valence-corrected chi connectivity index (χ3v) is 2.53. The maximum Gasteiger partial charge on any atom is 0.236 e. The molecule has 12 heavy (non-hydrogen) atoms. The topological polar surface area (TPSA) is 66.6 Å². The third-order valence-electron chi connectivity index (χ3n) is 2.53. The molecule has 70 valence electrons. The summed E-state index contributed by atoms with van der Waals surface area (Å²) >= 11 is 0. The van der Waals surface area contributed by atoms with Crippen LogP contribution in [-0.2, 0) is 4.79 Å². The number of carbonyl (C=O) groups excluding carboxylic acids is 1. The fourth-order valence-electron chi connectivity index (χ4n) is 1.60. The van der Waals surface area contributed by atoms with Crippen LogP contribution in [0.15, 0.2) is 0 Å². The summed E-state index contributed by atoms with van der Waals surface area (Å²) < 4.78 is 0. The molecule has 1 heterocycles. The van der Waals surface area contributed by atoms with Crippen molar-refractivity contribution in [3.05, 3.63) is 0 Å². The van der Waals surface area contributed by atoms with E-state index in [0.29, 0.717) is 12.5 Å². The van der Waals surface area contributed by atoms with Gasteiger partial charge in [-0.15, -0.1) is 0 Å².